The van der Waals surface area contributed by atoms with E-state index in [0.29, 0.717) is 17.3 Å². The largest absolute Gasteiger partial charge is 0.481 e. The summed E-state index contributed by atoms with van der Waals surface area (Å²) in [4.78, 5) is 25.5. The highest BCUT2D eigenvalue weighted by molar-refractivity contribution is 6.30. The van der Waals surface area contributed by atoms with Gasteiger partial charge in [-0.1, -0.05) is 17.7 Å². The summed E-state index contributed by atoms with van der Waals surface area (Å²) >= 11 is 5.91. The molecule has 2 atom stereocenters. The molecule has 0 aromatic heterocycles. The summed E-state index contributed by atoms with van der Waals surface area (Å²) < 4.78 is 5.67. The van der Waals surface area contributed by atoms with Crippen LogP contribution in [-0.4, -0.2) is 35.4 Å². The van der Waals surface area contributed by atoms with Gasteiger partial charge in [-0.05, 0) is 44.4 Å². The van der Waals surface area contributed by atoms with Crippen LogP contribution in [0.3, 0.4) is 0 Å². The van der Waals surface area contributed by atoms with Crippen molar-refractivity contribution in [2.75, 3.05) is 6.54 Å². The molecule has 6 heteroatoms. The molecule has 2 amide bonds. The molecule has 1 aliphatic rings. The molecule has 0 spiro atoms. The topological polar surface area (TPSA) is 72.6 Å². The highest BCUT2D eigenvalue weighted by Gasteiger charge is 2.31. The van der Waals surface area contributed by atoms with Crippen molar-refractivity contribution in [2.24, 2.45) is 5.73 Å². The zero-order chi connectivity index (χ0) is 16.1. The van der Waals surface area contributed by atoms with Gasteiger partial charge >= 0.3 is 0 Å². The molecular weight excluding hydrogens is 304 g/mol. The Balaban J connectivity index is 2.02. The predicted molar refractivity (Wildman–Crippen MR) is 84.7 cm³/mol. The van der Waals surface area contributed by atoms with Gasteiger partial charge in [-0.3, -0.25) is 9.59 Å². The summed E-state index contributed by atoms with van der Waals surface area (Å²) in [7, 11) is 0. The first kappa shape index (κ1) is 16.6. The number of primary amides is 1. The Morgan fingerprint density at radius 2 is 2.23 bits per heavy atom. The van der Waals surface area contributed by atoms with Crippen LogP contribution < -0.4 is 10.5 Å². The van der Waals surface area contributed by atoms with Gasteiger partial charge in [0.1, 0.15) is 5.75 Å². The number of carbonyl (C=O) groups is 2. The van der Waals surface area contributed by atoms with Crippen molar-refractivity contribution in [3.63, 3.8) is 0 Å². The van der Waals surface area contributed by atoms with Crippen molar-refractivity contribution in [3.8, 4) is 5.75 Å². The van der Waals surface area contributed by atoms with E-state index in [1.54, 1.807) is 36.1 Å². The van der Waals surface area contributed by atoms with Crippen LogP contribution in [0, 0.1) is 0 Å². The van der Waals surface area contributed by atoms with Crippen molar-refractivity contribution < 1.29 is 14.3 Å². The van der Waals surface area contributed by atoms with Gasteiger partial charge in [-0.2, -0.15) is 0 Å². The summed E-state index contributed by atoms with van der Waals surface area (Å²) in [6.45, 7) is 2.35. The van der Waals surface area contributed by atoms with Gasteiger partial charge in [0.25, 0.3) is 5.91 Å². The van der Waals surface area contributed by atoms with Gasteiger partial charge in [0.2, 0.25) is 5.91 Å². The quantitative estimate of drug-likeness (QED) is 0.903. The maximum Gasteiger partial charge on any atom is 0.263 e. The van der Waals surface area contributed by atoms with Crippen LogP contribution in [0.25, 0.3) is 0 Å². The second-order valence-corrected chi connectivity index (χ2v) is 6.01. The van der Waals surface area contributed by atoms with Gasteiger partial charge in [-0.25, -0.2) is 0 Å². The van der Waals surface area contributed by atoms with Crippen molar-refractivity contribution in [1.29, 1.82) is 0 Å². The number of nitrogens with zero attached hydrogens (tertiary/aromatic N) is 1. The van der Waals surface area contributed by atoms with Crippen LogP contribution in [-0.2, 0) is 9.59 Å². The third-order valence-electron chi connectivity index (χ3n) is 3.80. The van der Waals surface area contributed by atoms with Gasteiger partial charge in [-0.15, -0.1) is 0 Å². The lowest BCUT2D eigenvalue weighted by Crippen LogP contribution is -2.50. The Kier molecular flexibility index (Phi) is 5.66. The smallest absolute Gasteiger partial charge is 0.263 e. The second kappa shape index (κ2) is 7.49. The molecule has 0 saturated carbocycles. The van der Waals surface area contributed by atoms with E-state index >= 15 is 0 Å². The second-order valence-electron chi connectivity index (χ2n) is 5.57. The van der Waals surface area contributed by atoms with E-state index < -0.39 is 6.10 Å². The fraction of sp³-hybridized carbons (Fsp3) is 0.500. The maximum absolute atomic E-state index is 12.6. The zero-order valence-electron chi connectivity index (χ0n) is 12.6. The highest BCUT2D eigenvalue weighted by Crippen LogP contribution is 2.23. The van der Waals surface area contributed by atoms with Crippen LogP contribution in [0.15, 0.2) is 24.3 Å². The minimum atomic E-state index is -0.632. The number of rotatable bonds is 5. The number of hydrogen-bond acceptors (Lipinski definition) is 3. The van der Waals surface area contributed by atoms with Gasteiger partial charge in [0.15, 0.2) is 6.10 Å². The molecule has 1 aliphatic heterocycles. The number of likely N-dealkylation sites (tertiary alicyclic amines) is 1. The summed E-state index contributed by atoms with van der Waals surface area (Å²) in [5, 5.41) is 0.557. The molecule has 0 radical (unpaired) electrons. The van der Waals surface area contributed by atoms with Crippen molar-refractivity contribution in [1.82, 2.24) is 4.90 Å². The molecular formula is C16H21ClN2O3. The van der Waals surface area contributed by atoms with E-state index in [2.05, 4.69) is 0 Å². The van der Waals surface area contributed by atoms with Gasteiger partial charge < -0.3 is 15.4 Å². The van der Waals surface area contributed by atoms with E-state index in [-0.39, 0.29) is 24.3 Å². The minimum Gasteiger partial charge on any atom is -0.481 e. The first-order valence-electron chi connectivity index (χ1n) is 7.48. The van der Waals surface area contributed by atoms with E-state index in [1.807, 2.05) is 0 Å². The Hall–Kier alpha value is -1.75. The van der Waals surface area contributed by atoms with E-state index in [0.717, 1.165) is 19.3 Å². The SMILES string of the molecule is C[C@@H](Oc1cccc(Cl)c1)C(=O)N1CCCC[C@@H]1CC(N)=O. The molecule has 1 aromatic rings. The Labute approximate surface area is 135 Å². The fourth-order valence-electron chi connectivity index (χ4n) is 2.76. The van der Waals surface area contributed by atoms with Crippen molar-refractivity contribution >= 4 is 23.4 Å². The number of carbonyl (C=O) groups excluding carboxylic acids is 2. The molecule has 2 rings (SSSR count). The van der Waals surface area contributed by atoms with Crippen molar-refractivity contribution in [3.05, 3.63) is 29.3 Å². The highest BCUT2D eigenvalue weighted by atomic mass is 35.5. The summed E-state index contributed by atoms with van der Waals surface area (Å²) in [5.41, 5.74) is 5.28. The van der Waals surface area contributed by atoms with Crippen LogP contribution in [0.5, 0.6) is 5.75 Å². The summed E-state index contributed by atoms with van der Waals surface area (Å²) in [5.74, 6) is 0.0517. The summed E-state index contributed by atoms with van der Waals surface area (Å²) in [6.07, 6.45) is 2.32. The third-order valence-corrected chi connectivity index (χ3v) is 4.04. The molecule has 1 aromatic carbocycles. The predicted octanol–water partition coefficient (Wildman–Crippen LogP) is 2.36. The minimum absolute atomic E-state index is 0.120. The third kappa shape index (κ3) is 4.37. The fourth-order valence-corrected chi connectivity index (χ4v) is 2.94. The number of ether oxygens (including phenoxy) is 1. The van der Waals surface area contributed by atoms with Crippen LogP contribution in [0.2, 0.25) is 5.02 Å². The normalized spacial score (nSPS) is 19.5. The van der Waals surface area contributed by atoms with E-state index in [1.165, 1.54) is 0 Å². The average molecular weight is 325 g/mol. The monoisotopic (exact) mass is 324 g/mol. The lowest BCUT2D eigenvalue weighted by Gasteiger charge is -2.36. The molecule has 120 valence electrons. The van der Waals surface area contributed by atoms with Crippen LogP contribution in [0.1, 0.15) is 32.6 Å². The molecule has 2 N–H and O–H groups in total. The standard InChI is InChI=1S/C16H21ClN2O3/c1-11(22-14-7-4-5-12(17)9-14)16(21)19-8-3-2-6-13(19)10-15(18)20/h4-5,7,9,11,13H,2-3,6,8,10H2,1H3,(H2,18,20)/t11-,13-/m1/s1. The van der Waals surface area contributed by atoms with Crippen molar-refractivity contribution in [2.45, 2.75) is 44.8 Å². The molecule has 22 heavy (non-hydrogen) atoms. The molecule has 1 fully saturated rings. The molecule has 0 bridgehead atoms. The Morgan fingerprint density at radius 1 is 1.45 bits per heavy atom. The number of hydrogen-bond donors (Lipinski definition) is 1. The van der Waals surface area contributed by atoms with E-state index in [4.69, 9.17) is 22.1 Å². The van der Waals surface area contributed by atoms with Gasteiger partial charge in [0.05, 0.1) is 0 Å². The van der Waals surface area contributed by atoms with Gasteiger partial charge in [0, 0.05) is 24.0 Å². The van der Waals surface area contributed by atoms with E-state index in [9.17, 15) is 9.59 Å². The number of piperidine rings is 1. The number of halogens is 1. The van der Waals surface area contributed by atoms with Crippen LogP contribution in [0.4, 0.5) is 0 Å². The molecule has 0 unspecified atom stereocenters. The first-order valence-corrected chi connectivity index (χ1v) is 7.86. The maximum atomic E-state index is 12.6. The number of amides is 2. The number of nitrogens with two attached hydrogens (primary N) is 1. The Morgan fingerprint density at radius 3 is 2.91 bits per heavy atom. The lowest BCUT2D eigenvalue weighted by atomic mass is 9.98. The van der Waals surface area contributed by atoms with Crippen LogP contribution >= 0.6 is 11.6 Å². The average Bonchev–Trinajstić information content (AvgIpc) is 2.46. The Bertz CT molecular complexity index is 550. The molecule has 0 aliphatic carbocycles. The molecule has 5 nitrogen and oxygen atoms in total. The number of benzene rings is 1. The first-order chi connectivity index (χ1) is 10.5. The zero-order valence-corrected chi connectivity index (χ0v) is 13.4. The molecule has 1 saturated heterocycles. The lowest BCUT2D eigenvalue weighted by molar-refractivity contribution is -0.142. The summed E-state index contributed by atoms with van der Waals surface area (Å²) in [6, 6.07) is 6.82. The molecule has 1 heterocycles.